The first-order valence-electron chi connectivity index (χ1n) is 5.73. The lowest BCUT2D eigenvalue weighted by Crippen LogP contribution is -2.10. The van der Waals surface area contributed by atoms with Crippen molar-refractivity contribution in [3.8, 4) is 5.75 Å². The Bertz CT molecular complexity index is 613. The predicted molar refractivity (Wildman–Crippen MR) is 82.2 cm³/mol. The van der Waals surface area contributed by atoms with Gasteiger partial charge in [0.2, 0.25) is 5.91 Å². The lowest BCUT2D eigenvalue weighted by Gasteiger charge is -2.02. The number of benzene rings is 1. The van der Waals surface area contributed by atoms with Gasteiger partial charge in [0, 0.05) is 10.9 Å². The lowest BCUT2D eigenvalue weighted by atomic mass is 10.2. The molecule has 1 aromatic heterocycles. The zero-order valence-corrected chi connectivity index (χ0v) is 13.0. The van der Waals surface area contributed by atoms with Crippen molar-refractivity contribution in [2.75, 3.05) is 14.2 Å². The van der Waals surface area contributed by atoms with Crippen LogP contribution in [0.1, 0.15) is 20.7 Å². The second-order valence-electron chi connectivity index (χ2n) is 3.72. The number of carbonyl (C=O) groups excluding carboxylic acids is 2. The number of primary amides is 1. The first kappa shape index (κ1) is 17.0. The molecular formula is C14H14ClNO4S. The second kappa shape index (κ2) is 8.28. The van der Waals surface area contributed by atoms with E-state index < -0.39 is 5.91 Å². The van der Waals surface area contributed by atoms with Crippen molar-refractivity contribution in [3.63, 3.8) is 0 Å². The second-order valence-corrected chi connectivity index (χ2v) is 4.90. The van der Waals surface area contributed by atoms with Crippen molar-refractivity contribution in [1.29, 1.82) is 0 Å². The van der Waals surface area contributed by atoms with E-state index in [0.29, 0.717) is 21.9 Å². The Kier molecular flexibility index (Phi) is 6.71. The van der Waals surface area contributed by atoms with Crippen molar-refractivity contribution in [1.82, 2.24) is 0 Å². The molecule has 0 atom stereocenters. The van der Waals surface area contributed by atoms with Gasteiger partial charge in [-0.2, -0.15) is 11.3 Å². The maximum atomic E-state index is 10.7. The summed E-state index contributed by atoms with van der Waals surface area (Å²) in [4.78, 5) is 21.3. The number of rotatable bonds is 3. The van der Waals surface area contributed by atoms with Crippen LogP contribution in [0, 0.1) is 0 Å². The molecule has 0 bridgehead atoms. The van der Waals surface area contributed by atoms with Gasteiger partial charge in [0.05, 0.1) is 24.8 Å². The van der Waals surface area contributed by atoms with Crippen LogP contribution in [0.5, 0.6) is 5.75 Å². The van der Waals surface area contributed by atoms with Gasteiger partial charge in [-0.25, -0.2) is 4.79 Å². The highest BCUT2D eigenvalue weighted by molar-refractivity contribution is 7.08. The van der Waals surface area contributed by atoms with E-state index in [0.717, 1.165) is 0 Å². The van der Waals surface area contributed by atoms with Crippen molar-refractivity contribution in [2.45, 2.75) is 0 Å². The van der Waals surface area contributed by atoms with Gasteiger partial charge in [-0.05, 0) is 29.6 Å². The Morgan fingerprint density at radius 2 is 1.90 bits per heavy atom. The Hall–Kier alpha value is -2.05. The molecule has 1 aromatic carbocycles. The monoisotopic (exact) mass is 327 g/mol. The molecule has 2 aromatic rings. The maximum absolute atomic E-state index is 10.7. The van der Waals surface area contributed by atoms with E-state index in [1.165, 1.54) is 31.6 Å². The first-order valence-corrected chi connectivity index (χ1v) is 7.05. The van der Waals surface area contributed by atoms with E-state index in [1.54, 1.807) is 23.6 Å². The highest BCUT2D eigenvalue weighted by Crippen LogP contribution is 2.24. The van der Waals surface area contributed by atoms with Gasteiger partial charge in [-0.15, -0.1) is 0 Å². The maximum Gasteiger partial charge on any atom is 0.338 e. The molecule has 0 aliphatic carbocycles. The van der Waals surface area contributed by atoms with Crippen LogP contribution >= 0.6 is 22.9 Å². The summed E-state index contributed by atoms with van der Waals surface area (Å²) in [6.07, 6.45) is 0. The summed E-state index contributed by atoms with van der Waals surface area (Å²) in [5.74, 6) is -0.238. The molecule has 2 N–H and O–H groups in total. The van der Waals surface area contributed by atoms with Crippen LogP contribution in [0.4, 0.5) is 0 Å². The standard InChI is InChI=1S/C8H8ClNO2.C6H6O2S/c1-12-7-3-2-5(8(10)11)4-6(7)9;1-8-6(7)5-2-3-9-4-5/h2-4H,1H3,(H2,10,11);2-4H,1H3. The number of carbonyl (C=O) groups is 2. The van der Waals surface area contributed by atoms with Crippen molar-refractivity contribution in [3.05, 3.63) is 51.2 Å². The summed E-state index contributed by atoms with van der Waals surface area (Å²) in [5.41, 5.74) is 6.04. The van der Waals surface area contributed by atoms with Gasteiger partial charge in [0.1, 0.15) is 5.75 Å². The molecule has 0 aliphatic heterocycles. The summed E-state index contributed by atoms with van der Waals surface area (Å²) in [6.45, 7) is 0. The van der Waals surface area contributed by atoms with Gasteiger partial charge in [0.15, 0.2) is 0 Å². The summed E-state index contributed by atoms with van der Waals surface area (Å²) in [5, 5.41) is 3.98. The number of hydrogen-bond acceptors (Lipinski definition) is 5. The third-order valence-electron chi connectivity index (χ3n) is 2.38. The zero-order valence-electron chi connectivity index (χ0n) is 11.5. The minimum Gasteiger partial charge on any atom is -0.495 e. The number of methoxy groups -OCH3 is 2. The average Bonchev–Trinajstić information content (AvgIpc) is 3.01. The molecule has 112 valence electrons. The van der Waals surface area contributed by atoms with Gasteiger partial charge in [-0.3, -0.25) is 4.79 Å². The van der Waals surface area contributed by atoms with Crippen molar-refractivity contribution < 1.29 is 19.1 Å². The topological polar surface area (TPSA) is 78.6 Å². The third kappa shape index (κ3) is 5.09. The molecule has 7 heteroatoms. The third-order valence-corrected chi connectivity index (χ3v) is 3.36. The minimum atomic E-state index is -0.500. The molecule has 21 heavy (non-hydrogen) atoms. The van der Waals surface area contributed by atoms with Gasteiger partial charge in [-0.1, -0.05) is 11.6 Å². The highest BCUT2D eigenvalue weighted by Gasteiger charge is 2.04. The zero-order chi connectivity index (χ0) is 15.8. The summed E-state index contributed by atoms with van der Waals surface area (Å²) >= 11 is 7.22. The summed E-state index contributed by atoms with van der Waals surface area (Å²) in [6, 6.07) is 6.37. The average molecular weight is 328 g/mol. The number of thiophene rings is 1. The molecule has 0 unspecified atom stereocenters. The van der Waals surface area contributed by atoms with E-state index >= 15 is 0 Å². The number of amides is 1. The normalized spacial score (nSPS) is 9.29. The molecule has 0 saturated heterocycles. The number of ether oxygens (including phenoxy) is 2. The fourth-order valence-electron chi connectivity index (χ4n) is 1.32. The molecule has 5 nitrogen and oxygen atoms in total. The molecule has 0 fully saturated rings. The molecule has 0 saturated carbocycles. The van der Waals surface area contributed by atoms with Crippen LogP contribution in [0.25, 0.3) is 0 Å². The number of nitrogens with two attached hydrogens (primary N) is 1. The predicted octanol–water partition coefficient (Wildman–Crippen LogP) is 2.98. The summed E-state index contributed by atoms with van der Waals surface area (Å²) < 4.78 is 9.36. The van der Waals surface area contributed by atoms with Gasteiger partial charge >= 0.3 is 5.97 Å². The lowest BCUT2D eigenvalue weighted by molar-refractivity contribution is 0.0601. The van der Waals surface area contributed by atoms with E-state index in [-0.39, 0.29) is 5.97 Å². The van der Waals surface area contributed by atoms with Gasteiger partial charge < -0.3 is 15.2 Å². The molecule has 0 spiro atoms. The smallest absolute Gasteiger partial charge is 0.338 e. The number of hydrogen-bond donors (Lipinski definition) is 1. The van der Waals surface area contributed by atoms with Crippen LogP contribution in [0.2, 0.25) is 5.02 Å². The molecule has 1 amide bonds. The Morgan fingerprint density at radius 3 is 2.33 bits per heavy atom. The molecule has 1 heterocycles. The molecular weight excluding hydrogens is 314 g/mol. The fourth-order valence-corrected chi connectivity index (χ4v) is 2.20. The number of esters is 1. The minimum absolute atomic E-state index is 0.267. The first-order chi connectivity index (χ1) is 9.99. The fraction of sp³-hybridized carbons (Fsp3) is 0.143. The quantitative estimate of drug-likeness (QED) is 0.879. The van der Waals surface area contributed by atoms with Crippen LogP contribution in [-0.2, 0) is 4.74 Å². The molecule has 2 rings (SSSR count). The Morgan fingerprint density at radius 1 is 1.19 bits per heavy atom. The van der Waals surface area contributed by atoms with Crippen molar-refractivity contribution in [2.24, 2.45) is 5.73 Å². The van der Waals surface area contributed by atoms with Crippen LogP contribution in [0.3, 0.4) is 0 Å². The number of halogens is 1. The van der Waals surface area contributed by atoms with E-state index in [2.05, 4.69) is 4.74 Å². The SMILES string of the molecule is COC(=O)c1ccsc1.COc1ccc(C(N)=O)cc1Cl. The van der Waals surface area contributed by atoms with E-state index in [4.69, 9.17) is 22.1 Å². The highest BCUT2D eigenvalue weighted by atomic mass is 35.5. The van der Waals surface area contributed by atoms with Crippen LogP contribution in [0.15, 0.2) is 35.0 Å². The molecule has 0 aliphatic rings. The van der Waals surface area contributed by atoms with Crippen molar-refractivity contribution >= 4 is 34.8 Å². The van der Waals surface area contributed by atoms with Gasteiger partial charge in [0.25, 0.3) is 0 Å². The Balaban J connectivity index is 0.000000219. The van der Waals surface area contributed by atoms with Crippen LogP contribution in [-0.4, -0.2) is 26.1 Å². The van der Waals surface area contributed by atoms with Crippen LogP contribution < -0.4 is 10.5 Å². The molecule has 0 radical (unpaired) electrons. The van der Waals surface area contributed by atoms with E-state index in [1.807, 2.05) is 5.38 Å². The Labute approximate surface area is 131 Å². The summed E-state index contributed by atoms with van der Waals surface area (Å²) in [7, 11) is 2.88. The van der Waals surface area contributed by atoms with E-state index in [9.17, 15) is 9.59 Å². The largest absolute Gasteiger partial charge is 0.495 e.